The first kappa shape index (κ1) is 49.7. The van der Waals surface area contributed by atoms with E-state index in [4.69, 9.17) is 0 Å². The standard InChI is InChI=1S/C14H15N3O2.2C13H14N4O2.2C2H6/c1-16(2)14(19)12-7-5-11(6-8-12)10-17-13(18)4-3-9-15-17;1-16(2)13(19)11-5-3-10(4-6-11)8-17-12(18)7-14-9-15-17;1-16(2)13(19)11-5-3-10(4-6-11)9-17-12(18)7-8-14-15-17;2*1-2/h3-9H,10H2,1-2H3;3-7,9H,8H2,1-2H3;3-8H,9H2,1-2H3;2*1-2H3. The first-order valence-electron chi connectivity index (χ1n) is 19.4. The van der Waals surface area contributed by atoms with Crippen molar-refractivity contribution in [2.45, 2.75) is 47.3 Å². The summed E-state index contributed by atoms with van der Waals surface area (Å²) in [6, 6.07) is 25.8. The Kier molecular flexibility index (Phi) is 21.1. The maximum absolute atomic E-state index is 11.7. The van der Waals surface area contributed by atoms with E-state index in [9.17, 15) is 28.8 Å². The van der Waals surface area contributed by atoms with Crippen molar-refractivity contribution in [1.29, 1.82) is 0 Å². The molecule has 0 radical (unpaired) electrons. The molecule has 0 unspecified atom stereocenters. The Bertz CT molecular complexity index is 2170. The molecule has 0 bridgehead atoms. The largest absolute Gasteiger partial charge is 0.345 e. The lowest BCUT2D eigenvalue weighted by atomic mass is 10.1. The Hall–Kier alpha value is -7.43. The normalized spacial score (nSPS) is 9.74. The molecule has 0 aliphatic heterocycles. The maximum Gasteiger partial charge on any atom is 0.285 e. The zero-order valence-electron chi connectivity index (χ0n) is 36.5. The summed E-state index contributed by atoms with van der Waals surface area (Å²) >= 11 is 0. The van der Waals surface area contributed by atoms with Gasteiger partial charge in [0.2, 0.25) is 0 Å². The lowest BCUT2D eigenvalue weighted by molar-refractivity contribution is 0.0820. The van der Waals surface area contributed by atoms with Crippen molar-refractivity contribution in [1.82, 2.24) is 54.2 Å². The molecule has 0 atom stereocenters. The van der Waals surface area contributed by atoms with E-state index < -0.39 is 0 Å². The van der Waals surface area contributed by atoms with E-state index in [0.29, 0.717) is 36.3 Å². The summed E-state index contributed by atoms with van der Waals surface area (Å²) < 4.78 is 3.96. The first-order chi connectivity index (χ1) is 29.2. The third kappa shape index (κ3) is 16.0. The number of rotatable bonds is 9. The number of hydrogen-bond acceptors (Lipinski definition) is 11. The minimum atomic E-state index is -0.254. The molecule has 0 fully saturated rings. The predicted octanol–water partition coefficient (Wildman–Crippen LogP) is 3.82. The molecule has 6 rings (SSSR count). The van der Waals surface area contributed by atoms with Crippen LogP contribution in [0.2, 0.25) is 0 Å². The highest BCUT2D eigenvalue weighted by molar-refractivity contribution is 5.94. The van der Waals surface area contributed by atoms with Gasteiger partial charge in [0.25, 0.3) is 34.4 Å². The van der Waals surface area contributed by atoms with Crippen LogP contribution in [0.4, 0.5) is 0 Å². The van der Waals surface area contributed by atoms with E-state index in [0.717, 1.165) is 16.7 Å². The van der Waals surface area contributed by atoms with Crippen molar-refractivity contribution in [3.05, 3.63) is 180 Å². The van der Waals surface area contributed by atoms with Gasteiger partial charge in [0.15, 0.2) is 0 Å². The van der Waals surface area contributed by atoms with Crippen molar-refractivity contribution in [2.75, 3.05) is 42.3 Å². The zero-order valence-corrected chi connectivity index (χ0v) is 36.5. The summed E-state index contributed by atoms with van der Waals surface area (Å²) in [5, 5.41) is 15.3. The topological polar surface area (TPSA) is 191 Å². The molecule has 61 heavy (non-hydrogen) atoms. The van der Waals surface area contributed by atoms with Crippen molar-refractivity contribution in [3.8, 4) is 0 Å². The summed E-state index contributed by atoms with van der Waals surface area (Å²) in [4.78, 5) is 77.9. The van der Waals surface area contributed by atoms with Crippen LogP contribution in [-0.2, 0) is 19.6 Å². The van der Waals surface area contributed by atoms with Crippen LogP contribution in [0.5, 0.6) is 0 Å². The van der Waals surface area contributed by atoms with Crippen LogP contribution < -0.4 is 16.7 Å². The number of hydrogen-bond donors (Lipinski definition) is 0. The van der Waals surface area contributed by atoms with Crippen LogP contribution in [-0.4, -0.2) is 114 Å². The molecule has 6 aromatic rings. The average Bonchev–Trinajstić information content (AvgIpc) is 3.28. The number of benzene rings is 3. The highest BCUT2D eigenvalue weighted by Gasteiger charge is 2.10. The Labute approximate surface area is 355 Å². The molecule has 17 nitrogen and oxygen atoms in total. The molecule has 0 aliphatic rings. The lowest BCUT2D eigenvalue weighted by Crippen LogP contribution is -2.23. The van der Waals surface area contributed by atoms with Crippen LogP contribution in [0.15, 0.2) is 130 Å². The average molecular weight is 834 g/mol. The summed E-state index contributed by atoms with van der Waals surface area (Å²) in [7, 11) is 10.2. The molecular formula is C44H55N11O6. The lowest BCUT2D eigenvalue weighted by Gasteiger charge is -2.10. The van der Waals surface area contributed by atoms with E-state index in [1.54, 1.807) is 103 Å². The van der Waals surface area contributed by atoms with E-state index in [-0.39, 0.29) is 34.4 Å². The number of nitrogens with zero attached hydrogens (tertiary/aromatic N) is 11. The van der Waals surface area contributed by atoms with Crippen LogP contribution in [0.25, 0.3) is 0 Å². The molecular weight excluding hydrogens is 779 g/mol. The first-order valence-corrected chi connectivity index (χ1v) is 19.4. The highest BCUT2D eigenvalue weighted by Crippen LogP contribution is 2.09. The van der Waals surface area contributed by atoms with E-state index >= 15 is 0 Å². The quantitative estimate of drug-likeness (QED) is 0.206. The number of amides is 3. The molecule has 3 heterocycles. The molecule has 3 aromatic heterocycles. The van der Waals surface area contributed by atoms with Gasteiger partial charge < -0.3 is 14.7 Å². The molecule has 0 spiro atoms. The van der Waals surface area contributed by atoms with E-state index in [1.807, 2.05) is 52.0 Å². The fraction of sp³-hybridized carbons (Fsp3) is 0.295. The van der Waals surface area contributed by atoms with Crippen molar-refractivity contribution in [2.24, 2.45) is 0 Å². The van der Waals surface area contributed by atoms with Gasteiger partial charge in [-0.2, -0.15) is 10.2 Å². The van der Waals surface area contributed by atoms with E-state index in [1.165, 1.54) is 59.6 Å². The molecule has 0 saturated heterocycles. The summed E-state index contributed by atoms with van der Waals surface area (Å²) in [6.07, 6.45) is 5.48. The van der Waals surface area contributed by atoms with Gasteiger partial charge in [-0.15, -0.1) is 5.10 Å². The minimum absolute atomic E-state index is 0.0402. The fourth-order valence-corrected chi connectivity index (χ4v) is 4.92. The molecule has 17 heteroatoms. The fourth-order valence-electron chi connectivity index (χ4n) is 4.92. The Morgan fingerprint density at radius 3 is 1.21 bits per heavy atom. The second kappa shape index (κ2) is 25.8. The number of aromatic nitrogens is 8. The zero-order chi connectivity index (χ0) is 45.5. The van der Waals surface area contributed by atoms with Crippen molar-refractivity contribution >= 4 is 17.7 Å². The van der Waals surface area contributed by atoms with Gasteiger partial charge in [-0.3, -0.25) is 28.8 Å². The van der Waals surface area contributed by atoms with Gasteiger partial charge in [0.1, 0.15) is 6.33 Å². The monoisotopic (exact) mass is 833 g/mol. The van der Waals surface area contributed by atoms with Crippen LogP contribution in [0.3, 0.4) is 0 Å². The van der Waals surface area contributed by atoms with Crippen molar-refractivity contribution < 1.29 is 14.4 Å². The second-order valence-electron chi connectivity index (χ2n) is 13.0. The summed E-state index contributed by atoms with van der Waals surface area (Å²) in [5.74, 6) is -0.143. The van der Waals surface area contributed by atoms with Gasteiger partial charge in [0, 0.05) is 77.3 Å². The third-order valence-electron chi connectivity index (χ3n) is 8.00. The Morgan fingerprint density at radius 2 is 0.852 bits per heavy atom. The maximum atomic E-state index is 11.7. The van der Waals surface area contributed by atoms with Crippen LogP contribution in [0.1, 0.15) is 75.5 Å². The minimum Gasteiger partial charge on any atom is -0.345 e. The van der Waals surface area contributed by atoms with E-state index in [2.05, 4.69) is 25.5 Å². The smallest absolute Gasteiger partial charge is 0.285 e. The third-order valence-corrected chi connectivity index (χ3v) is 8.00. The highest BCUT2D eigenvalue weighted by atomic mass is 16.2. The molecule has 0 N–H and O–H groups in total. The number of carbonyl (C=O) groups is 3. The molecule has 3 amide bonds. The summed E-state index contributed by atoms with van der Waals surface area (Å²) in [6.45, 7) is 9.09. The van der Waals surface area contributed by atoms with Gasteiger partial charge in [-0.05, 0) is 59.2 Å². The second-order valence-corrected chi connectivity index (χ2v) is 13.0. The Morgan fingerprint density at radius 1 is 0.475 bits per heavy atom. The van der Waals surface area contributed by atoms with Gasteiger partial charge in [-0.25, -0.2) is 19.0 Å². The predicted molar refractivity (Wildman–Crippen MR) is 234 cm³/mol. The van der Waals surface area contributed by atoms with Gasteiger partial charge >= 0.3 is 0 Å². The van der Waals surface area contributed by atoms with Crippen molar-refractivity contribution in [3.63, 3.8) is 0 Å². The molecule has 0 saturated carbocycles. The molecule has 3 aromatic carbocycles. The SMILES string of the molecule is CC.CC.CN(C)C(=O)c1ccc(Cn2ncccc2=O)cc1.CN(C)C(=O)c1ccc(Cn2ncncc2=O)cc1.CN(C)C(=O)c1ccc(Cn2nnccc2=O)cc1. The summed E-state index contributed by atoms with van der Waals surface area (Å²) in [5.41, 5.74) is 3.96. The number of carbonyl (C=O) groups excluding carboxylic acids is 3. The van der Waals surface area contributed by atoms with Gasteiger partial charge in [-0.1, -0.05) is 69.3 Å². The van der Waals surface area contributed by atoms with Gasteiger partial charge in [0.05, 0.1) is 32.0 Å². The van der Waals surface area contributed by atoms with Crippen LogP contribution in [0, 0.1) is 0 Å². The molecule has 0 aliphatic carbocycles. The Balaban J connectivity index is 0.000000302. The molecule has 322 valence electrons. The van der Waals surface area contributed by atoms with Crippen LogP contribution >= 0.6 is 0 Å².